The highest BCUT2D eigenvalue weighted by atomic mass is 35.5. The Morgan fingerprint density at radius 3 is 2.76 bits per heavy atom. The highest BCUT2D eigenvalue weighted by Gasteiger charge is 2.16. The molecule has 1 unspecified atom stereocenters. The number of hydrogen-bond donors (Lipinski definition) is 2. The fourth-order valence-electron chi connectivity index (χ4n) is 1.70. The van der Waals surface area contributed by atoms with Gasteiger partial charge >= 0.3 is 0 Å². The van der Waals surface area contributed by atoms with E-state index in [-0.39, 0.29) is 11.5 Å². The summed E-state index contributed by atoms with van der Waals surface area (Å²) in [7, 11) is 0. The molecule has 0 radical (unpaired) electrons. The van der Waals surface area contributed by atoms with Crippen LogP contribution in [0.3, 0.4) is 0 Å². The van der Waals surface area contributed by atoms with Crippen molar-refractivity contribution in [1.82, 2.24) is 10.3 Å². The highest BCUT2D eigenvalue weighted by Crippen LogP contribution is 2.20. The molecule has 4 heteroatoms. The normalized spacial score (nSPS) is 13.7. The van der Waals surface area contributed by atoms with Gasteiger partial charge in [-0.1, -0.05) is 32.4 Å². The molecule has 0 spiro atoms. The van der Waals surface area contributed by atoms with Crippen molar-refractivity contribution in [2.24, 2.45) is 5.41 Å². The first kappa shape index (κ1) is 14.4. The van der Waals surface area contributed by atoms with Crippen LogP contribution in [0.1, 0.15) is 32.8 Å². The van der Waals surface area contributed by atoms with Crippen molar-refractivity contribution >= 4 is 11.6 Å². The van der Waals surface area contributed by atoms with Crippen molar-refractivity contribution in [3.8, 4) is 0 Å². The number of aliphatic hydroxyl groups excluding tert-OH is 1. The van der Waals surface area contributed by atoms with E-state index in [9.17, 15) is 5.11 Å². The van der Waals surface area contributed by atoms with Gasteiger partial charge in [-0.25, -0.2) is 0 Å². The van der Waals surface area contributed by atoms with Gasteiger partial charge in [-0.3, -0.25) is 4.98 Å². The Bertz CT molecular complexity index is 350. The highest BCUT2D eigenvalue weighted by molar-refractivity contribution is 6.31. The van der Waals surface area contributed by atoms with Crippen LogP contribution in [0.4, 0.5) is 0 Å². The third-order valence-corrected chi connectivity index (χ3v) is 2.74. The van der Waals surface area contributed by atoms with Crippen LogP contribution in [-0.2, 0) is 6.54 Å². The van der Waals surface area contributed by atoms with Gasteiger partial charge in [0.05, 0.1) is 11.1 Å². The topological polar surface area (TPSA) is 45.1 Å². The Kier molecular flexibility index (Phi) is 5.37. The lowest BCUT2D eigenvalue weighted by atomic mass is 9.89. The summed E-state index contributed by atoms with van der Waals surface area (Å²) in [6.07, 6.45) is 3.80. The maximum atomic E-state index is 9.82. The first-order valence-corrected chi connectivity index (χ1v) is 6.23. The molecule has 96 valence electrons. The second-order valence-electron chi connectivity index (χ2n) is 5.52. The first-order valence-electron chi connectivity index (χ1n) is 5.85. The zero-order valence-electron chi connectivity index (χ0n) is 10.7. The Morgan fingerprint density at radius 1 is 1.47 bits per heavy atom. The molecule has 0 saturated heterocycles. The van der Waals surface area contributed by atoms with Gasteiger partial charge in [-0.15, -0.1) is 0 Å². The van der Waals surface area contributed by atoms with E-state index < -0.39 is 0 Å². The molecule has 0 fully saturated rings. The predicted octanol–water partition coefficient (Wildman–Crippen LogP) is 2.62. The van der Waals surface area contributed by atoms with Gasteiger partial charge in [0.2, 0.25) is 0 Å². The molecule has 1 aromatic rings. The number of halogens is 1. The number of rotatable bonds is 5. The van der Waals surface area contributed by atoms with Crippen molar-refractivity contribution in [2.75, 3.05) is 6.54 Å². The van der Waals surface area contributed by atoms with E-state index in [2.05, 4.69) is 31.1 Å². The van der Waals surface area contributed by atoms with Crippen LogP contribution in [-0.4, -0.2) is 22.7 Å². The summed E-state index contributed by atoms with van der Waals surface area (Å²) < 4.78 is 0. The molecule has 0 bridgehead atoms. The third kappa shape index (κ3) is 6.01. The molecule has 0 saturated carbocycles. The molecule has 0 aliphatic rings. The van der Waals surface area contributed by atoms with E-state index >= 15 is 0 Å². The minimum Gasteiger partial charge on any atom is -0.392 e. The van der Waals surface area contributed by atoms with Gasteiger partial charge in [-0.2, -0.15) is 0 Å². The van der Waals surface area contributed by atoms with Crippen LogP contribution >= 0.6 is 11.6 Å². The summed E-state index contributed by atoms with van der Waals surface area (Å²) in [5, 5.41) is 13.7. The molecular formula is C13H21ClN2O. The minimum atomic E-state index is -0.324. The monoisotopic (exact) mass is 256 g/mol. The molecule has 3 nitrogen and oxygen atoms in total. The zero-order chi connectivity index (χ0) is 12.9. The zero-order valence-corrected chi connectivity index (χ0v) is 11.5. The van der Waals surface area contributed by atoms with Crippen LogP contribution in [0, 0.1) is 5.41 Å². The van der Waals surface area contributed by atoms with Crippen LogP contribution in [0.15, 0.2) is 18.5 Å². The quantitative estimate of drug-likeness (QED) is 0.851. The van der Waals surface area contributed by atoms with Crippen LogP contribution in [0.2, 0.25) is 5.02 Å². The fraction of sp³-hybridized carbons (Fsp3) is 0.615. The maximum absolute atomic E-state index is 9.82. The molecule has 1 heterocycles. The van der Waals surface area contributed by atoms with E-state index in [1.54, 1.807) is 12.4 Å². The predicted molar refractivity (Wildman–Crippen MR) is 71.0 cm³/mol. The number of aliphatic hydroxyl groups is 1. The standard InChI is InChI=1S/C13H21ClN2O/c1-13(2,3)6-11(17)8-16-7-10-4-5-15-9-12(10)14/h4-5,9,11,16-17H,6-8H2,1-3H3. The van der Waals surface area contributed by atoms with Gasteiger partial charge in [0.15, 0.2) is 0 Å². The summed E-state index contributed by atoms with van der Waals surface area (Å²) >= 11 is 5.98. The number of nitrogens with one attached hydrogen (secondary N) is 1. The number of nitrogens with zero attached hydrogens (tertiary/aromatic N) is 1. The molecule has 2 N–H and O–H groups in total. The third-order valence-electron chi connectivity index (χ3n) is 2.40. The van der Waals surface area contributed by atoms with Crippen molar-refractivity contribution in [3.63, 3.8) is 0 Å². The Labute approximate surface area is 108 Å². The Morgan fingerprint density at radius 2 is 2.18 bits per heavy atom. The lowest BCUT2D eigenvalue weighted by Crippen LogP contribution is -2.29. The number of pyridine rings is 1. The van der Waals surface area contributed by atoms with Gasteiger partial charge in [0.1, 0.15) is 0 Å². The largest absolute Gasteiger partial charge is 0.392 e. The lowest BCUT2D eigenvalue weighted by Gasteiger charge is -2.22. The number of aromatic nitrogens is 1. The second-order valence-corrected chi connectivity index (χ2v) is 5.92. The Hall–Kier alpha value is -0.640. The van der Waals surface area contributed by atoms with E-state index in [1.807, 2.05) is 6.07 Å². The average molecular weight is 257 g/mol. The van der Waals surface area contributed by atoms with Gasteiger partial charge in [0.25, 0.3) is 0 Å². The van der Waals surface area contributed by atoms with Crippen molar-refractivity contribution in [1.29, 1.82) is 0 Å². The molecule has 0 amide bonds. The van der Waals surface area contributed by atoms with E-state index in [0.29, 0.717) is 18.1 Å². The molecule has 1 aromatic heterocycles. The molecule has 0 aromatic carbocycles. The van der Waals surface area contributed by atoms with E-state index in [0.717, 1.165) is 12.0 Å². The fourth-order valence-corrected chi connectivity index (χ4v) is 1.89. The van der Waals surface area contributed by atoms with Gasteiger partial charge < -0.3 is 10.4 Å². The van der Waals surface area contributed by atoms with Crippen molar-refractivity contribution in [3.05, 3.63) is 29.0 Å². The van der Waals surface area contributed by atoms with E-state index in [4.69, 9.17) is 11.6 Å². The van der Waals surface area contributed by atoms with Gasteiger partial charge in [0, 0.05) is 25.5 Å². The van der Waals surface area contributed by atoms with Crippen LogP contribution < -0.4 is 5.32 Å². The second kappa shape index (κ2) is 6.34. The minimum absolute atomic E-state index is 0.148. The van der Waals surface area contributed by atoms with E-state index in [1.165, 1.54) is 0 Å². The summed E-state index contributed by atoms with van der Waals surface area (Å²) in [4.78, 5) is 3.93. The SMILES string of the molecule is CC(C)(C)CC(O)CNCc1ccncc1Cl. The number of hydrogen-bond acceptors (Lipinski definition) is 3. The van der Waals surface area contributed by atoms with Crippen LogP contribution in [0.25, 0.3) is 0 Å². The molecular weight excluding hydrogens is 236 g/mol. The lowest BCUT2D eigenvalue weighted by molar-refractivity contribution is 0.119. The summed E-state index contributed by atoms with van der Waals surface area (Å²) in [5.74, 6) is 0. The average Bonchev–Trinajstić information content (AvgIpc) is 2.18. The molecule has 0 aliphatic carbocycles. The summed E-state index contributed by atoms with van der Waals surface area (Å²) in [6.45, 7) is 7.60. The molecule has 17 heavy (non-hydrogen) atoms. The smallest absolute Gasteiger partial charge is 0.0669 e. The first-order chi connectivity index (χ1) is 7.88. The Balaban J connectivity index is 2.31. The summed E-state index contributed by atoms with van der Waals surface area (Å²) in [6, 6.07) is 1.88. The van der Waals surface area contributed by atoms with Crippen molar-refractivity contribution in [2.45, 2.75) is 39.8 Å². The summed E-state index contributed by atoms with van der Waals surface area (Å²) in [5.41, 5.74) is 1.15. The van der Waals surface area contributed by atoms with Gasteiger partial charge in [-0.05, 0) is 23.5 Å². The molecule has 1 rings (SSSR count). The molecule has 0 aliphatic heterocycles. The molecule has 1 atom stereocenters. The maximum Gasteiger partial charge on any atom is 0.0669 e. The van der Waals surface area contributed by atoms with Crippen LogP contribution in [0.5, 0.6) is 0 Å². The van der Waals surface area contributed by atoms with Crippen molar-refractivity contribution < 1.29 is 5.11 Å².